The molecule has 1 fully saturated rings. The number of amides is 2. The third-order valence-corrected chi connectivity index (χ3v) is 7.22. The lowest BCUT2D eigenvalue weighted by Crippen LogP contribution is -2.38. The van der Waals surface area contributed by atoms with E-state index in [1.807, 2.05) is 31.2 Å². The lowest BCUT2D eigenvalue weighted by atomic mass is 10.1. The molecule has 2 aromatic carbocycles. The van der Waals surface area contributed by atoms with Crippen LogP contribution < -0.4 is 5.32 Å². The fourth-order valence-corrected chi connectivity index (χ4v) is 5.23. The molecule has 2 aromatic rings. The highest BCUT2D eigenvalue weighted by Crippen LogP contribution is 2.23. The van der Waals surface area contributed by atoms with Crippen molar-refractivity contribution >= 4 is 16.1 Å². The van der Waals surface area contributed by atoms with Gasteiger partial charge in [0, 0.05) is 33.2 Å². The molecule has 0 spiro atoms. The highest BCUT2D eigenvalue weighted by Gasteiger charge is 2.28. The van der Waals surface area contributed by atoms with E-state index in [9.17, 15) is 13.2 Å². The molecule has 0 aromatic heterocycles. The molecule has 1 heterocycles. The Morgan fingerprint density at radius 1 is 1.03 bits per heavy atom. The molecule has 1 aliphatic rings. The summed E-state index contributed by atoms with van der Waals surface area (Å²) < 4.78 is 27.7. The van der Waals surface area contributed by atoms with Gasteiger partial charge in [-0.3, -0.25) is 0 Å². The molecule has 1 N–H and O–H groups in total. The standard InChI is InChI=1S/C22H29N3O3S/c1-18-10-12-19(13-11-18)17-24(2)22(26)23-16-20-8-4-5-9-21(20)29(27,28)25-14-6-3-7-15-25/h4-5,8-13H,3,6-7,14-17H2,1-2H3,(H,23,26). The Bertz CT molecular complexity index is 936. The molecule has 0 atom stereocenters. The third kappa shape index (κ3) is 5.36. The van der Waals surface area contributed by atoms with Gasteiger partial charge < -0.3 is 10.2 Å². The van der Waals surface area contributed by atoms with Crippen LogP contribution in [0.2, 0.25) is 0 Å². The molecule has 1 aliphatic heterocycles. The maximum absolute atomic E-state index is 13.1. The molecule has 29 heavy (non-hydrogen) atoms. The molecule has 0 aliphatic carbocycles. The van der Waals surface area contributed by atoms with E-state index in [2.05, 4.69) is 5.32 Å². The van der Waals surface area contributed by atoms with Gasteiger partial charge in [-0.15, -0.1) is 0 Å². The maximum Gasteiger partial charge on any atom is 0.317 e. The van der Waals surface area contributed by atoms with Gasteiger partial charge in [0.15, 0.2) is 0 Å². The van der Waals surface area contributed by atoms with Gasteiger partial charge in [-0.05, 0) is 37.0 Å². The first-order chi connectivity index (χ1) is 13.9. The van der Waals surface area contributed by atoms with Gasteiger partial charge in [0.2, 0.25) is 10.0 Å². The zero-order valence-corrected chi connectivity index (χ0v) is 17.9. The van der Waals surface area contributed by atoms with Crippen LogP contribution in [0.4, 0.5) is 4.79 Å². The summed E-state index contributed by atoms with van der Waals surface area (Å²) in [6.45, 7) is 3.79. The van der Waals surface area contributed by atoms with Crippen molar-refractivity contribution in [3.8, 4) is 0 Å². The summed E-state index contributed by atoms with van der Waals surface area (Å²) in [5.41, 5.74) is 2.82. The second kappa shape index (κ2) is 9.41. The normalized spacial score (nSPS) is 15.1. The Kier molecular flexibility index (Phi) is 6.92. The van der Waals surface area contributed by atoms with Gasteiger partial charge >= 0.3 is 6.03 Å². The molecule has 156 valence electrons. The Morgan fingerprint density at radius 2 is 1.69 bits per heavy atom. The molecule has 0 radical (unpaired) electrons. The number of hydrogen-bond donors (Lipinski definition) is 1. The van der Waals surface area contributed by atoms with Crippen molar-refractivity contribution in [2.24, 2.45) is 0 Å². The summed E-state index contributed by atoms with van der Waals surface area (Å²) in [5, 5.41) is 2.85. The van der Waals surface area contributed by atoms with E-state index in [4.69, 9.17) is 0 Å². The van der Waals surface area contributed by atoms with Crippen molar-refractivity contribution in [1.82, 2.24) is 14.5 Å². The number of hydrogen-bond acceptors (Lipinski definition) is 3. The summed E-state index contributed by atoms with van der Waals surface area (Å²) in [6, 6.07) is 14.7. The minimum atomic E-state index is -3.55. The predicted octanol–water partition coefficient (Wildman–Crippen LogP) is 3.51. The number of aryl methyl sites for hydroxylation is 1. The molecule has 3 rings (SSSR count). The van der Waals surface area contributed by atoms with Crippen LogP contribution >= 0.6 is 0 Å². The first-order valence-corrected chi connectivity index (χ1v) is 11.4. The number of rotatable bonds is 6. The first-order valence-electron chi connectivity index (χ1n) is 10.0. The lowest BCUT2D eigenvalue weighted by molar-refractivity contribution is 0.206. The van der Waals surface area contributed by atoms with Crippen molar-refractivity contribution in [2.45, 2.75) is 44.2 Å². The third-order valence-electron chi connectivity index (χ3n) is 5.22. The average molecular weight is 416 g/mol. The quantitative estimate of drug-likeness (QED) is 0.785. The molecule has 2 amide bonds. The van der Waals surface area contributed by atoms with Gasteiger partial charge in [0.1, 0.15) is 0 Å². The van der Waals surface area contributed by atoms with Crippen LogP contribution in [0.3, 0.4) is 0 Å². The number of sulfonamides is 1. The summed E-state index contributed by atoms with van der Waals surface area (Å²) >= 11 is 0. The highest BCUT2D eigenvalue weighted by molar-refractivity contribution is 7.89. The zero-order chi connectivity index (χ0) is 20.9. The maximum atomic E-state index is 13.1. The number of urea groups is 1. The number of carbonyl (C=O) groups is 1. The van der Waals surface area contributed by atoms with Gasteiger partial charge in [-0.25, -0.2) is 13.2 Å². The largest absolute Gasteiger partial charge is 0.334 e. The average Bonchev–Trinajstić information content (AvgIpc) is 2.74. The van der Waals surface area contributed by atoms with Crippen LogP contribution in [-0.4, -0.2) is 43.8 Å². The van der Waals surface area contributed by atoms with E-state index in [1.54, 1.807) is 40.5 Å². The number of piperidine rings is 1. The van der Waals surface area contributed by atoms with Gasteiger partial charge in [-0.2, -0.15) is 4.31 Å². The Labute approximate surface area is 173 Å². The number of carbonyl (C=O) groups excluding carboxylic acids is 1. The molecule has 0 bridgehead atoms. The van der Waals surface area contributed by atoms with Crippen molar-refractivity contribution in [3.63, 3.8) is 0 Å². The Hall–Kier alpha value is -2.38. The minimum absolute atomic E-state index is 0.167. The monoisotopic (exact) mass is 415 g/mol. The van der Waals surface area contributed by atoms with Crippen molar-refractivity contribution in [3.05, 3.63) is 65.2 Å². The van der Waals surface area contributed by atoms with Crippen LogP contribution in [-0.2, 0) is 23.1 Å². The van der Waals surface area contributed by atoms with Crippen LogP contribution in [0.15, 0.2) is 53.4 Å². The number of benzene rings is 2. The number of nitrogens with one attached hydrogen (secondary N) is 1. The summed E-state index contributed by atoms with van der Waals surface area (Å²) in [7, 11) is -1.82. The van der Waals surface area contributed by atoms with E-state index in [0.29, 0.717) is 25.2 Å². The summed E-state index contributed by atoms with van der Waals surface area (Å²) in [5.74, 6) is 0. The second-order valence-corrected chi connectivity index (χ2v) is 9.48. The van der Waals surface area contributed by atoms with Crippen molar-refractivity contribution in [1.29, 1.82) is 0 Å². The van der Waals surface area contributed by atoms with Crippen LogP contribution in [0.1, 0.15) is 36.0 Å². The lowest BCUT2D eigenvalue weighted by Gasteiger charge is -2.27. The van der Waals surface area contributed by atoms with Crippen molar-refractivity contribution < 1.29 is 13.2 Å². The van der Waals surface area contributed by atoms with Gasteiger partial charge in [0.25, 0.3) is 0 Å². The molecular formula is C22H29N3O3S. The van der Waals surface area contributed by atoms with E-state index >= 15 is 0 Å². The van der Waals surface area contributed by atoms with E-state index in [-0.39, 0.29) is 17.5 Å². The van der Waals surface area contributed by atoms with Gasteiger partial charge in [-0.1, -0.05) is 54.4 Å². The Balaban J connectivity index is 1.66. The second-order valence-electron chi connectivity index (χ2n) is 7.57. The van der Waals surface area contributed by atoms with Crippen molar-refractivity contribution in [2.75, 3.05) is 20.1 Å². The first kappa shape index (κ1) is 21.3. The molecule has 6 nitrogen and oxygen atoms in total. The fraction of sp³-hybridized carbons (Fsp3) is 0.409. The van der Waals surface area contributed by atoms with E-state index < -0.39 is 10.0 Å². The predicted molar refractivity (Wildman–Crippen MR) is 114 cm³/mol. The van der Waals surface area contributed by atoms with E-state index in [0.717, 1.165) is 24.8 Å². The summed E-state index contributed by atoms with van der Waals surface area (Å²) in [6.07, 6.45) is 2.85. The molecule has 0 unspecified atom stereocenters. The fourth-order valence-electron chi connectivity index (χ4n) is 3.49. The van der Waals surface area contributed by atoms with Crippen LogP contribution in [0.5, 0.6) is 0 Å². The summed E-state index contributed by atoms with van der Waals surface area (Å²) in [4.78, 5) is 14.4. The SMILES string of the molecule is Cc1ccc(CN(C)C(=O)NCc2ccccc2S(=O)(=O)N2CCCCC2)cc1. The van der Waals surface area contributed by atoms with Gasteiger partial charge in [0.05, 0.1) is 4.90 Å². The molecule has 0 saturated carbocycles. The molecule has 7 heteroatoms. The van der Waals surface area contributed by atoms with E-state index in [1.165, 1.54) is 5.56 Å². The minimum Gasteiger partial charge on any atom is -0.334 e. The smallest absolute Gasteiger partial charge is 0.317 e. The molecular weight excluding hydrogens is 386 g/mol. The number of nitrogens with zero attached hydrogens (tertiary/aromatic N) is 2. The van der Waals surface area contributed by atoms with Crippen LogP contribution in [0.25, 0.3) is 0 Å². The topological polar surface area (TPSA) is 69.7 Å². The molecule has 1 saturated heterocycles. The Morgan fingerprint density at radius 3 is 2.38 bits per heavy atom. The zero-order valence-electron chi connectivity index (χ0n) is 17.1. The van der Waals surface area contributed by atoms with Crippen LogP contribution in [0, 0.1) is 6.92 Å². The highest BCUT2D eigenvalue weighted by atomic mass is 32.2.